The lowest BCUT2D eigenvalue weighted by atomic mass is 10.2. The highest BCUT2D eigenvalue weighted by atomic mass is 32.2. The predicted octanol–water partition coefficient (Wildman–Crippen LogP) is 1.13. The van der Waals surface area contributed by atoms with E-state index in [2.05, 4.69) is 15.5 Å². The average Bonchev–Trinajstić information content (AvgIpc) is 2.99. The normalized spacial score (nSPS) is 31.6. The Morgan fingerprint density at radius 3 is 2.83 bits per heavy atom. The number of nitrogens with one attached hydrogen (secondary N) is 1. The van der Waals surface area contributed by atoms with Crippen LogP contribution in [0.5, 0.6) is 0 Å². The Morgan fingerprint density at radius 1 is 1.22 bits per heavy atom. The molecular formula is C11H17N3O3S. The fourth-order valence-electron chi connectivity index (χ4n) is 2.66. The lowest BCUT2D eigenvalue weighted by Crippen LogP contribution is -2.22. The number of hydrogen-bond acceptors (Lipinski definition) is 6. The van der Waals surface area contributed by atoms with Crippen LogP contribution in [0.2, 0.25) is 0 Å². The number of rotatable bonds is 2. The zero-order chi connectivity index (χ0) is 12.6. The summed E-state index contributed by atoms with van der Waals surface area (Å²) >= 11 is 0. The van der Waals surface area contributed by atoms with Crippen molar-refractivity contribution >= 4 is 9.84 Å². The first kappa shape index (κ1) is 12.1. The Hall–Kier alpha value is -0.950. The molecule has 2 unspecified atom stereocenters. The molecule has 0 radical (unpaired) electrons. The first-order valence-corrected chi connectivity index (χ1v) is 8.17. The van der Waals surface area contributed by atoms with Gasteiger partial charge in [-0.1, -0.05) is 11.6 Å². The summed E-state index contributed by atoms with van der Waals surface area (Å²) in [6, 6.07) is 0.119. The molecule has 7 heteroatoms. The quantitative estimate of drug-likeness (QED) is 0.868. The molecule has 1 aromatic heterocycles. The molecule has 100 valence electrons. The summed E-state index contributed by atoms with van der Waals surface area (Å²) in [6.45, 7) is 0.955. The van der Waals surface area contributed by atoms with Gasteiger partial charge in [0, 0.05) is 0 Å². The van der Waals surface area contributed by atoms with E-state index in [1.165, 1.54) is 0 Å². The molecule has 2 aliphatic rings. The molecular weight excluding hydrogens is 254 g/mol. The maximum atomic E-state index is 12.0. The van der Waals surface area contributed by atoms with Gasteiger partial charge in [0.1, 0.15) is 5.25 Å². The van der Waals surface area contributed by atoms with Gasteiger partial charge in [0.15, 0.2) is 15.7 Å². The van der Waals surface area contributed by atoms with Crippen LogP contribution in [0.3, 0.4) is 0 Å². The lowest BCUT2D eigenvalue weighted by Gasteiger charge is -2.18. The standard InChI is InChI=1S/C11H17N3O3S/c15-18(16)7-2-1-5-9(18)11-13-10(14-17-11)8-4-3-6-12-8/h8-9,12H,1-7H2. The van der Waals surface area contributed by atoms with Crippen molar-refractivity contribution in [3.63, 3.8) is 0 Å². The van der Waals surface area contributed by atoms with Crippen molar-refractivity contribution in [3.8, 4) is 0 Å². The van der Waals surface area contributed by atoms with Crippen molar-refractivity contribution in [2.75, 3.05) is 12.3 Å². The maximum Gasteiger partial charge on any atom is 0.245 e. The first-order chi connectivity index (χ1) is 8.67. The average molecular weight is 271 g/mol. The zero-order valence-corrected chi connectivity index (χ0v) is 10.9. The van der Waals surface area contributed by atoms with Crippen LogP contribution < -0.4 is 5.32 Å². The predicted molar refractivity (Wildman–Crippen MR) is 64.7 cm³/mol. The molecule has 6 nitrogen and oxygen atoms in total. The molecule has 0 amide bonds. The van der Waals surface area contributed by atoms with E-state index in [1.807, 2.05) is 0 Å². The van der Waals surface area contributed by atoms with Gasteiger partial charge < -0.3 is 9.84 Å². The van der Waals surface area contributed by atoms with Gasteiger partial charge in [-0.25, -0.2) is 8.42 Å². The lowest BCUT2D eigenvalue weighted by molar-refractivity contribution is 0.355. The Kier molecular flexibility index (Phi) is 3.11. The maximum absolute atomic E-state index is 12.0. The molecule has 1 aromatic rings. The van der Waals surface area contributed by atoms with Crippen LogP contribution in [-0.2, 0) is 9.84 Å². The molecule has 0 saturated carbocycles. The van der Waals surface area contributed by atoms with Gasteiger partial charge in [-0.05, 0) is 32.2 Å². The van der Waals surface area contributed by atoms with Crippen LogP contribution in [0.15, 0.2) is 4.52 Å². The van der Waals surface area contributed by atoms with Gasteiger partial charge in [-0.3, -0.25) is 0 Å². The molecule has 0 aromatic carbocycles. The largest absolute Gasteiger partial charge is 0.338 e. The summed E-state index contributed by atoms with van der Waals surface area (Å²) in [5.74, 6) is 1.11. The van der Waals surface area contributed by atoms with E-state index >= 15 is 0 Å². The highest BCUT2D eigenvalue weighted by Crippen LogP contribution is 2.33. The van der Waals surface area contributed by atoms with Gasteiger partial charge in [0.05, 0.1) is 11.8 Å². The third-order valence-corrected chi connectivity index (χ3v) is 5.85. The molecule has 2 aliphatic heterocycles. The van der Waals surface area contributed by atoms with E-state index < -0.39 is 15.1 Å². The third-order valence-electron chi connectivity index (χ3n) is 3.68. The van der Waals surface area contributed by atoms with E-state index in [4.69, 9.17) is 4.52 Å². The van der Waals surface area contributed by atoms with Crippen LogP contribution in [0.25, 0.3) is 0 Å². The van der Waals surface area contributed by atoms with Gasteiger partial charge in [-0.2, -0.15) is 4.98 Å². The van der Waals surface area contributed by atoms with Gasteiger partial charge in [0.25, 0.3) is 0 Å². The van der Waals surface area contributed by atoms with Crippen LogP contribution >= 0.6 is 0 Å². The summed E-state index contributed by atoms with van der Waals surface area (Å²) in [4.78, 5) is 4.29. The Morgan fingerprint density at radius 2 is 2.11 bits per heavy atom. The Labute approximate surface area is 106 Å². The zero-order valence-electron chi connectivity index (χ0n) is 10.1. The molecule has 2 atom stereocenters. The van der Waals surface area contributed by atoms with Crippen LogP contribution in [0, 0.1) is 0 Å². The van der Waals surface area contributed by atoms with Crippen molar-refractivity contribution in [3.05, 3.63) is 11.7 Å². The van der Waals surface area contributed by atoms with Crippen molar-refractivity contribution in [1.82, 2.24) is 15.5 Å². The minimum Gasteiger partial charge on any atom is -0.338 e. The summed E-state index contributed by atoms with van der Waals surface area (Å²) in [7, 11) is -3.10. The van der Waals surface area contributed by atoms with Crippen LogP contribution in [0.1, 0.15) is 55.1 Å². The second-order valence-electron chi connectivity index (χ2n) is 4.99. The second-order valence-corrected chi connectivity index (χ2v) is 7.29. The molecule has 0 bridgehead atoms. The van der Waals surface area contributed by atoms with Crippen molar-refractivity contribution in [2.24, 2.45) is 0 Å². The molecule has 2 saturated heterocycles. The summed E-state index contributed by atoms with van der Waals surface area (Å²) < 4.78 is 29.1. The van der Waals surface area contributed by atoms with Gasteiger partial charge >= 0.3 is 0 Å². The molecule has 18 heavy (non-hydrogen) atoms. The molecule has 3 heterocycles. The summed E-state index contributed by atoms with van der Waals surface area (Å²) in [5, 5.41) is 6.61. The van der Waals surface area contributed by atoms with Crippen molar-refractivity contribution in [1.29, 1.82) is 0 Å². The van der Waals surface area contributed by atoms with E-state index in [0.29, 0.717) is 12.2 Å². The SMILES string of the molecule is O=S1(=O)CCCCC1c1nc(C2CCCN2)no1. The number of nitrogens with zero attached hydrogens (tertiary/aromatic N) is 2. The van der Waals surface area contributed by atoms with Gasteiger partial charge in [-0.15, -0.1) is 0 Å². The third kappa shape index (κ3) is 2.16. The molecule has 0 aliphatic carbocycles. The number of aromatic nitrogens is 2. The van der Waals surface area contributed by atoms with Crippen molar-refractivity contribution in [2.45, 2.75) is 43.4 Å². The van der Waals surface area contributed by atoms with E-state index in [-0.39, 0.29) is 17.7 Å². The highest BCUT2D eigenvalue weighted by molar-refractivity contribution is 7.91. The summed E-state index contributed by atoms with van der Waals surface area (Å²) in [6.07, 6.45) is 4.32. The molecule has 1 N–H and O–H groups in total. The van der Waals surface area contributed by atoms with Crippen LogP contribution in [-0.4, -0.2) is 30.9 Å². The molecule has 2 fully saturated rings. The first-order valence-electron chi connectivity index (χ1n) is 6.45. The summed E-state index contributed by atoms with van der Waals surface area (Å²) in [5.41, 5.74) is 0. The Balaban J connectivity index is 1.83. The number of sulfone groups is 1. The van der Waals surface area contributed by atoms with Gasteiger partial charge in [0.2, 0.25) is 5.89 Å². The fourth-order valence-corrected chi connectivity index (χ4v) is 4.48. The van der Waals surface area contributed by atoms with Crippen LogP contribution in [0.4, 0.5) is 0 Å². The smallest absolute Gasteiger partial charge is 0.245 e. The highest BCUT2D eigenvalue weighted by Gasteiger charge is 2.35. The minimum absolute atomic E-state index is 0.119. The van der Waals surface area contributed by atoms with E-state index in [0.717, 1.165) is 32.2 Å². The minimum atomic E-state index is -3.10. The number of hydrogen-bond donors (Lipinski definition) is 1. The second kappa shape index (κ2) is 4.62. The monoisotopic (exact) mass is 271 g/mol. The Bertz CT molecular complexity index is 519. The van der Waals surface area contributed by atoms with Crippen molar-refractivity contribution < 1.29 is 12.9 Å². The topological polar surface area (TPSA) is 85.1 Å². The van der Waals surface area contributed by atoms with E-state index in [9.17, 15) is 8.42 Å². The molecule has 3 rings (SSSR count). The molecule has 0 spiro atoms. The van der Waals surface area contributed by atoms with E-state index in [1.54, 1.807) is 0 Å². The fraction of sp³-hybridized carbons (Fsp3) is 0.818.